The van der Waals surface area contributed by atoms with Gasteiger partial charge in [-0.05, 0) is 42.0 Å². The number of amides is 2. The molecule has 1 aliphatic heterocycles. The number of carbonyl (C=O) groups excluding carboxylic acids is 2. The summed E-state index contributed by atoms with van der Waals surface area (Å²) in [4.78, 5) is 28.7. The SMILES string of the molecule is O=C(NCc1ccco1)c1ccnc(C(=O)NCc2ccc3c(c2)OCO3)c1. The first kappa shape index (κ1) is 17.6. The van der Waals surface area contributed by atoms with Crippen LogP contribution in [0.2, 0.25) is 0 Å². The second-order valence-electron chi connectivity index (χ2n) is 6.06. The Morgan fingerprint density at radius 2 is 1.82 bits per heavy atom. The van der Waals surface area contributed by atoms with Crippen LogP contribution in [0.1, 0.15) is 32.2 Å². The van der Waals surface area contributed by atoms with Gasteiger partial charge in [-0.3, -0.25) is 14.6 Å². The van der Waals surface area contributed by atoms with E-state index < -0.39 is 0 Å². The highest BCUT2D eigenvalue weighted by molar-refractivity contribution is 5.98. The Labute approximate surface area is 160 Å². The van der Waals surface area contributed by atoms with Gasteiger partial charge in [-0.15, -0.1) is 0 Å². The van der Waals surface area contributed by atoms with E-state index >= 15 is 0 Å². The van der Waals surface area contributed by atoms with Gasteiger partial charge in [0, 0.05) is 18.3 Å². The van der Waals surface area contributed by atoms with E-state index in [0.717, 1.165) is 5.56 Å². The van der Waals surface area contributed by atoms with E-state index in [1.165, 1.54) is 18.5 Å². The summed E-state index contributed by atoms with van der Waals surface area (Å²) in [5.41, 5.74) is 1.37. The molecule has 2 N–H and O–H groups in total. The quantitative estimate of drug-likeness (QED) is 0.681. The van der Waals surface area contributed by atoms with E-state index in [4.69, 9.17) is 13.9 Å². The summed E-state index contributed by atoms with van der Waals surface area (Å²) in [7, 11) is 0. The maximum absolute atomic E-state index is 12.4. The minimum atomic E-state index is -0.377. The first-order valence-corrected chi connectivity index (χ1v) is 8.62. The van der Waals surface area contributed by atoms with Gasteiger partial charge in [-0.1, -0.05) is 6.07 Å². The van der Waals surface area contributed by atoms with Gasteiger partial charge in [0.1, 0.15) is 11.5 Å². The van der Waals surface area contributed by atoms with Crippen LogP contribution in [0.5, 0.6) is 11.5 Å². The summed E-state index contributed by atoms with van der Waals surface area (Å²) in [6.07, 6.45) is 2.97. The molecule has 0 spiro atoms. The van der Waals surface area contributed by atoms with Crippen molar-refractivity contribution in [3.63, 3.8) is 0 Å². The number of rotatable bonds is 6. The predicted molar refractivity (Wildman–Crippen MR) is 97.9 cm³/mol. The van der Waals surface area contributed by atoms with Crippen LogP contribution in [0.25, 0.3) is 0 Å². The number of benzene rings is 1. The Bertz CT molecular complexity index is 1000. The number of furan rings is 1. The third kappa shape index (κ3) is 3.96. The lowest BCUT2D eigenvalue weighted by molar-refractivity contribution is 0.0945. The standard InChI is InChI=1S/C20H17N3O5/c24-19(23-11-15-2-1-7-26-15)14-5-6-21-16(9-14)20(25)22-10-13-3-4-17-18(8-13)28-12-27-17/h1-9H,10-12H2,(H,22,25)(H,23,24). The van der Waals surface area contributed by atoms with Crippen molar-refractivity contribution in [1.29, 1.82) is 0 Å². The highest BCUT2D eigenvalue weighted by Gasteiger charge is 2.15. The lowest BCUT2D eigenvalue weighted by atomic mass is 10.2. The molecule has 0 unspecified atom stereocenters. The van der Waals surface area contributed by atoms with Gasteiger partial charge in [0.05, 0.1) is 12.8 Å². The molecule has 8 heteroatoms. The number of hydrogen-bond acceptors (Lipinski definition) is 6. The molecule has 0 bridgehead atoms. The fourth-order valence-corrected chi connectivity index (χ4v) is 2.70. The zero-order valence-electron chi connectivity index (χ0n) is 14.8. The third-order valence-corrected chi connectivity index (χ3v) is 4.15. The molecule has 0 saturated carbocycles. The lowest BCUT2D eigenvalue weighted by Gasteiger charge is -2.07. The maximum atomic E-state index is 12.4. The Morgan fingerprint density at radius 3 is 2.68 bits per heavy atom. The molecular weight excluding hydrogens is 362 g/mol. The zero-order chi connectivity index (χ0) is 19.3. The summed E-state index contributed by atoms with van der Waals surface area (Å²) in [5, 5.41) is 5.51. The molecule has 3 heterocycles. The number of nitrogens with zero attached hydrogens (tertiary/aromatic N) is 1. The van der Waals surface area contributed by atoms with Crippen molar-refractivity contribution in [1.82, 2.24) is 15.6 Å². The average Bonchev–Trinajstić information content (AvgIpc) is 3.41. The molecule has 142 valence electrons. The van der Waals surface area contributed by atoms with Gasteiger partial charge in [0.25, 0.3) is 11.8 Å². The van der Waals surface area contributed by atoms with Gasteiger partial charge in [0.15, 0.2) is 11.5 Å². The molecule has 4 rings (SSSR count). The molecule has 0 atom stereocenters. The summed E-state index contributed by atoms with van der Waals surface area (Å²) in [6, 6.07) is 12.0. The van der Waals surface area contributed by atoms with Crippen LogP contribution in [0.4, 0.5) is 0 Å². The average molecular weight is 379 g/mol. The minimum Gasteiger partial charge on any atom is -0.467 e. The van der Waals surface area contributed by atoms with E-state index in [0.29, 0.717) is 29.4 Å². The highest BCUT2D eigenvalue weighted by atomic mass is 16.7. The largest absolute Gasteiger partial charge is 0.467 e. The number of fused-ring (bicyclic) bond motifs is 1. The molecule has 0 saturated heterocycles. The topological polar surface area (TPSA) is 103 Å². The number of pyridine rings is 1. The van der Waals surface area contributed by atoms with Crippen molar-refractivity contribution in [2.24, 2.45) is 0 Å². The van der Waals surface area contributed by atoms with Crippen LogP contribution in [0.3, 0.4) is 0 Å². The minimum absolute atomic E-state index is 0.159. The molecule has 2 amide bonds. The summed E-state index contributed by atoms with van der Waals surface area (Å²) in [6.45, 7) is 0.760. The monoisotopic (exact) mass is 379 g/mol. The van der Waals surface area contributed by atoms with Gasteiger partial charge in [-0.2, -0.15) is 0 Å². The maximum Gasteiger partial charge on any atom is 0.270 e. The van der Waals surface area contributed by atoms with Crippen molar-refractivity contribution in [3.05, 3.63) is 77.5 Å². The smallest absolute Gasteiger partial charge is 0.270 e. The Morgan fingerprint density at radius 1 is 0.964 bits per heavy atom. The zero-order valence-corrected chi connectivity index (χ0v) is 14.8. The molecule has 1 aromatic carbocycles. The Hall–Kier alpha value is -3.81. The Kier molecular flexibility index (Phi) is 4.92. The first-order chi connectivity index (χ1) is 13.7. The van der Waals surface area contributed by atoms with Crippen LogP contribution in [0, 0.1) is 0 Å². The van der Waals surface area contributed by atoms with Crippen LogP contribution >= 0.6 is 0 Å². The Balaban J connectivity index is 1.36. The molecule has 3 aromatic rings. The molecule has 8 nitrogen and oxygen atoms in total. The van der Waals surface area contributed by atoms with Gasteiger partial charge >= 0.3 is 0 Å². The fraction of sp³-hybridized carbons (Fsp3) is 0.150. The lowest BCUT2D eigenvalue weighted by Crippen LogP contribution is -2.26. The van der Waals surface area contributed by atoms with E-state index in [2.05, 4.69) is 15.6 Å². The van der Waals surface area contributed by atoms with Crippen LogP contribution < -0.4 is 20.1 Å². The second kappa shape index (κ2) is 7.83. The normalized spacial score (nSPS) is 11.9. The molecule has 1 aliphatic rings. The van der Waals surface area contributed by atoms with Gasteiger partial charge in [-0.25, -0.2) is 0 Å². The van der Waals surface area contributed by atoms with E-state index in [1.807, 2.05) is 12.1 Å². The second-order valence-corrected chi connectivity index (χ2v) is 6.06. The predicted octanol–water partition coefficient (Wildman–Crippen LogP) is 2.26. The van der Waals surface area contributed by atoms with Crippen molar-refractivity contribution >= 4 is 11.8 Å². The first-order valence-electron chi connectivity index (χ1n) is 8.62. The van der Waals surface area contributed by atoms with Crippen molar-refractivity contribution in [2.45, 2.75) is 13.1 Å². The van der Waals surface area contributed by atoms with Crippen molar-refractivity contribution in [2.75, 3.05) is 6.79 Å². The van der Waals surface area contributed by atoms with Crippen molar-refractivity contribution < 1.29 is 23.5 Å². The molecule has 28 heavy (non-hydrogen) atoms. The summed E-state index contributed by atoms with van der Waals surface area (Å²) in [5.74, 6) is 1.29. The number of ether oxygens (including phenoxy) is 2. The molecule has 0 radical (unpaired) electrons. The van der Waals surface area contributed by atoms with Crippen LogP contribution in [0.15, 0.2) is 59.3 Å². The van der Waals surface area contributed by atoms with E-state index in [1.54, 1.807) is 24.3 Å². The van der Waals surface area contributed by atoms with E-state index in [-0.39, 0.29) is 30.8 Å². The summed E-state index contributed by atoms with van der Waals surface area (Å²) < 4.78 is 15.8. The van der Waals surface area contributed by atoms with E-state index in [9.17, 15) is 9.59 Å². The number of nitrogens with one attached hydrogen (secondary N) is 2. The van der Waals surface area contributed by atoms with Gasteiger partial charge in [0.2, 0.25) is 6.79 Å². The third-order valence-electron chi connectivity index (χ3n) is 4.15. The highest BCUT2D eigenvalue weighted by Crippen LogP contribution is 2.32. The van der Waals surface area contributed by atoms with Crippen molar-refractivity contribution in [3.8, 4) is 11.5 Å². The fourth-order valence-electron chi connectivity index (χ4n) is 2.70. The number of carbonyl (C=O) groups is 2. The number of aromatic nitrogens is 1. The molecular formula is C20H17N3O5. The van der Waals surface area contributed by atoms with Gasteiger partial charge < -0.3 is 24.5 Å². The number of hydrogen-bond donors (Lipinski definition) is 2. The van der Waals surface area contributed by atoms with Crippen LogP contribution in [-0.4, -0.2) is 23.6 Å². The molecule has 0 aliphatic carbocycles. The van der Waals surface area contributed by atoms with Crippen LogP contribution in [-0.2, 0) is 13.1 Å². The molecule has 2 aromatic heterocycles. The summed E-state index contributed by atoms with van der Waals surface area (Å²) >= 11 is 0. The molecule has 0 fully saturated rings.